The van der Waals surface area contributed by atoms with E-state index < -0.39 is 16.0 Å². The van der Waals surface area contributed by atoms with Gasteiger partial charge in [-0.15, -0.1) is 0 Å². The van der Waals surface area contributed by atoms with E-state index in [4.69, 9.17) is 14.6 Å². The molecule has 9 nitrogen and oxygen atoms in total. The number of sulfonamides is 1. The van der Waals surface area contributed by atoms with Gasteiger partial charge in [0.2, 0.25) is 15.9 Å². The van der Waals surface area contributed by atoms with E-state index in [9.17, 15) is 18.0 Å². The van der Waals surface area contributed by atoms with E-state index in [1.807, 2.05) is 0 Å². The molecule has 1 aliphatic heterocycles. The molecule has 148 valence electrons. The van der Waals surface area contributed by atoms with Gasteiger partial charge in [0.25, 0.3) is 0 Å². The lowest BCUT2D eigenvalue weighted by Crippen LogP contribution is -2.49. The second kappa shape index (κ2) is 8.40. The predicted octanol–water partition coefficient (Wildman–Crippen LogP) is 0.654. The topological polar surface area (TPSA) is 113 Å². The summed E-state index contributed by atoms with van der Waals surface area (Å²) >= 11 is 0. The van der Waals surface area contributed by atoms with E-state index in [0.29, 0.717) is 18.7 Å². The molecule has 10 heteroatoms. The number of carbonyl (C=O) groups excluding carboxylic acids is 1. The van der Waals surface area contributed by atoms with Crippen LogP contribution in [-0.4, -0.2) is 75.0 Å². The molecular weight excluding hydrogens is 376 g/mol. The Kier molecular flexibility index (Phi) is 6.45. The average Bonchev–Trinajstić information content (AvgIpc) is 2.65. The number of carbonyl (C=O) groups is 2. The van der Waals surface area contributed by atoms with Crippen LogP contribution in [0.3, 0.4) is 0 Å². The first-order chi connectivity index (χ1) is 12.7. The summed E-state index contributed by atoms with van der Waals surface area (Å²) in [6.45, 7) is 2.35. The first kappa shape index (κ1) is 20.7. The number of methoxy groups -OCH3 is 2. The molecule has 1 N–H and O–H groups in total. The quantitative estimate of drug-likeness (QED) is 0.700. The van der Waals surface area contributed by atoms with Gasteiger partial charge in [-0.3, -0.25) is 4.79 Å². The molecule has 0 atom stereocenters. The largest absolute Gasteiger partial charge is 0.493 e. The third kappa shape index (κ3) is 4.58. The summed E-state index contributed by atoms with van der Waals surface area (Å²) in [5.41, 5.74) is 0.344. The molecule has 0 radical (unpaired) electrons. The number of carboxylic acids is 1. The molecule has 1 fully saturated rings. The fraction of sp³-hybridized carbons (Fsp3) is 0.412. The Bertz CT molecular complexity index is 856. The Morgan fingerprint density at radius 3 is 2.22 bits per heavy atom. The van der Waals surface area contributed by atoms with Gasteiger partial charge >= 0.3 is 5.97 Å². The summed E-state index contributed by atoms with van der Waals surface area (Å²) in [4.78, 5) is 23.7. The summed E-state index contributed by atoms with van der Waals surface area (Å²) in [6.07, 6.45) is 2.18. The van der Waals surface area contributed by atoms with Gasteiger partial charge in [0.05, 0.1) is 14.2 Å². The minimum Gasteiger partial charge on any atom is -0.493 e. The van der Waals surface area contributed by atoms with Crippen molar-refractivity contribution in [2.75, 3.05) is 40.4 Å². The Morgan fingerprint density at radius 2 is 1.74 bits per heavy atom. The number of amides is 1. The molecule has 0 spiro atoms. The van der Waals surface area contributed by atoms with Crippen LogP contribution < -0.4 is 9.47 Å². The summed E-state index contributed by atoms with van der Waals surface area (Å²) < 4.78 is 38.0. The fourth-order valence-electron chi connectivity index (χ4n) is 2.79. The highest BCUT2D eigenvalue weighted by atomic mass is 32.2. The highest BCUT2D eigenvalue weighted by molar-refractivity contribution is 7.89. The maximum absolute atomic E-state index is 13.1. The van der Waals surface area contributed by atoms with E-state index in [1.165, 1.54) is 43.7 Å². The van der Waals surface area contributed by atoms with Crippen molar-refractivity contribution in [2.24, 2.45) is 0 Å². The van der Waals surface area contributed by atoms with Crippen LogP contribution in [0.25, 0.3) is 6.08 Å². The molecule has 0 unspecified atom stereocenters. The molecule has 1 aromatic rings. The van der Waals surface area contributed by atoms with Crippen molar-refractivity contribution >= 4 is 28.0 Å². The van der Waals surface area contributed by atoms with Crippen LogP contribution in [-0.2, 0) is 19.6 Å². The zero-order valence-corrected chi connectivity index (χ0v) is 16.2. The summed E-state index contributed by atoms with van der Waals surface area (Å²) in [7, 11) is -1.24. The van der Waals surface area contributed by atoms with Crippen LogP contribution in [0.2, 0.25) is 0 Å². The number of rotatable bonds is 6. The lowest BCUT2D eigenvalue weighted by Gasteiger charge is -2.33. The SMILES string of the molecule is COc1cc(/C=C/C(=O)O)cc(S(=O)(=O)N2CCN(C(C)=O)CC2)c1OC. The molecular formula is C17H22N2O7S. The van der Waals surface area contributed by atoms with E-state index in [1.54, 1.807) is 4.90 Å². The Morgan fingerprint density at radius 1 is 1.11 bits per heavy atom. The molecule has 1 aromatic carbocycles. The van der Waals surface area contributed by atoms with Crippen molar-refractivity contribution in [1.29, 1.82) is 0 Å². The number of piperazine rings is 1. The molecule has 1 aliphatic rings. The zero-order valence-electron chi connectivity index (χ0n) is 15.3. The molecule has 1 heterocycles. The Hall–Kier alpha value is -2.59. The summed E-state index contributed by atoms with van der Waals surface area (Å²) in [6, 6.07) is 2.83. The molecule has 1 amide bonds. The van der Waals surface area contributed by atoms with E-state index in [-0.39, 0.29) is 35.4 Å². The van der Waals surface area contributed by atoms with Gasteiger partial charge in [0.1, 0.15) is 4.90 Å². The Balaban J connectivity index is 2.46. The highest BCUT2D eigenvalue weighted by Crippen LogP contribution is 2.37. The van der Waals surface area contributed by atoms with E-state index >= 15 is 0 Å². The number of carboxylic acid groups (broad SMARTS) is 1. The van der Waals surface area contributed by atoms with Crippen LogP contribution in [0.1, 0.15) is 12.5 Å². The number of ether oxygens (including phenoxy) is 2. The first-order valence-corrected chi connectivity index (χ1v) is 9.57. The lowest BCUT2D eigenvalue weighted by molar-refractivity contribution is -0.131. The normalized spacial score (nSPS) is 15.7. The van der Waals surface area contributed by atoms with Crippen LogP contribution in [0.4, 0.5) is 0 Å². The van der Waals surface area contributed by atoms with Gasteiger partial charge in [-0.25, -0.2) is 13.2 Å². The monoisotopic (exact) mass is 398 g/mol. The van der Waals surface area contributed by atoms with Crippen molar-refractivity contribution in [3.63, 3.8) is 0 Å². The number of aliphatic carboxylic acids is 1. The van der Waals surface area contributed by atoms with Gasteiger partial charge < -0.3 is 19.5 Å². The van der Waals surface area contributed by atoms with Gasteiger partial charge in [-0.05, 0) is 23.8 Å². The van der Waals surface area contributed by atoms with Gasteiger partial charge in [0, 0.05) is 39.2 Å². The third-order valence-corrected chi connectivity index (χ3v) is 6.09. The number of hydrogen-bond donors (Lipinski definition) is 1. The number of benzene rings is 1. The maximum atomic E-state index is 13.1. The minimum absolute atomic E-state index is 0.0407. The third-order valence-electron chi connectivity index (χ3n) is 4.19. The van der Waals surface area contributed by atoms with E-state index in [0.717, 1.165) is 6.08 Å². The highest BCUT2D eigenvalue weighted by Gasteiger charge is 2.33. The smallest absolute Gasteiger partial charge is 0.328 e. The van der Waals surface area contributed by atoms with Crippen molar-refractivity contribution in [1.82, 2.24) is 9.21 Å². The molecule has 0 aliphatic carbocycles. The van der Waals surface area contributed by atoms with Gasteiger partial charge in [0.15, 0.2) is 11.5 Å². The second-order valence-electron chi connectivity index (χ2n) is 5.84. The van der Waals surface area contributed by atoms with Crippen molar-refractivity contribution in [3.05, 3.63) is 23.8 Å². The molecule has 2 rings (SSSR count). The summed E-state index contributed by atoms with van der Waals surface area (Å²) in [5, 5.41) is 8.80. The molecule has 0 bridgehead atoms. The number of hydrogen-bond acceptors (Lipinski definition) is 6. The molecule has 27 heavy (non-hydrogen) atoms. The van der Waals surface area contributed by atoms with Crippen LogP contribution in [0.15, 0.2) is 23.1 Å². The van der Waals surface area contributed by atoms with Crippen molar-refractivity contribution < 1.29 is 32.6 Å². The van der Waals surface area contributed by atoms with E-state index in [2.05, 4.69) is 0 Å². The minimum atomic E-state index is -3.94. The lowest BCUT2D eigenvalue weighted by atomic mass is 10.2. The molecule has 1 saturated heterocycles. The van der Waals surface area contributed by atoms with Crippen LogP contribution in [0.5, 0.6) is 11.5 Å². The summed E-state index contributed by atoms with van der Waals surface area (Å²) in [5.74, 6) is -1.05. The maximum Gasteiger partial charge on any atom is 0.328 e. The predicted molar refractivity (Wildman–Crippen MR) is 97.2 cm³/mol. The zero-order chi connectivity index (χ0) is 20.2. The van der Waals surface area contributed by atoms with Crippen LogP contribution in [0, 0.1) is 0 Å². The molecule has 0 saturated carbocycles. The van der Waals surface area contributed by atoms with Crippen LogP contribution >= 0.6 is 0 Å². The fourth-order valence-corrected chi connectivity index (χ4v) is 4.41. The standard InChI is InChI=1S/C17H22N2O7S/c1-12(20)18-6-8-19(9-7-18)27(23,24)15-11-13(4-5-16(21)22)10-14(25-2)17(15)26-3/h4-5,10-11H,6-9H2,1-3H3,(H,21,22)/b5-4+. The van der Waals surface area contributed by atoms with Gasteiger partial charge in [-0.1, -0.05) is 0 Å². The first-order valence-electron chi connectivity index (χ1n) is 8.13. The van der Waals surface area contributed by atoms with Gasteiger partial charge in [-0.2, -0.15) is 4.31 Å². The average molecular weight is 398 g/mol. The van der Waals surface area contributed by atoms with Crippen molar-refractivity contribution in [2.45, 2.75) is 11.8 Å². The second-order valence-corrected chi connectivity index (χ2v) is 7.74. The number of nitrogens with zero attached hydrogens (tertiary/aromatic N) is 2. The Labute approximate surface area is 157 Å². The molecule has 0 aromatic heterocycles. The van der Waals surface area contributed by atoms with Crippen molar-refractivity contribution in [3.8, 4) is 11.5 Å².